The van der Waals surface area contributed by atoms with Gasteiger partial charge in [0, 0.05) is 19.2 Å². The van der Waals surface area contributed by atoms with E-state index in [1.165, 1.54) is 0 Å². The van der Waals surface area contributed by atoms with E-state index in [2.05, 4.69) is 15.5 Å². The first-order chi connectivity index (χ1) is 9.78. The quantitative estimate of drug-likeness (QED) is 0.706. The summed E-state index contributed by atoms with van der Waals surface area (Å²) in [7, 11) is -3.12. The normalized spacial score (nSPS) is 17.3. The predicted octanol–water partition coefficient (Wildman–Crippen LogP) is -0.836. The Morgan fingerprint density at radius 1 is 1.48 bits per heavy atom. The summed E-state index contributed by atoms with van der Waals surface area (Å²) < 4.78 is 24.2. The summed E-state index contributed by atoms with van der Waals surface area (Å²) in [4.78, 5) is 12.0. The molecule has 2 heterocycles. The molecule has 2 unspecified atom stereocenters. The Balaban J connectivity index is 1.92. The fourth-order valence-electron chi connectivity index (χ4n) is 2.35. The lowest BCUT2D eigenvalue weighted by molar-refractivity contribution is -0.123. The molecule has 0 bridgehead atoms. The van der Waals surface area contributed by atoms with E-state index >= 15 is 0 Å². The number of aromatic nitrogens is 3. The molecule has 1 aromatic heterocycles. The van der Waals surface area contributed by atoms with Crippen molar-refractivity contribution in [2.45, 2.75) is 44.8 Å². The van der Waals surface area contributed by atoms with Gasteiger partial charge in [-0.25, -0.2) is 8.42 Å². The number of carbonyl (C=O) groups excluding carboxylic acids is 1. The largest absolute Gasteiger partial charge is 0.345 e. The third kappa shape index (κ3) is 4.01. The van der Waals surface area contributed by atoms with E-state index in [1.807, 2.05) is 11.5 Å². The summed E-state index contributed by atoms with van der Waals surface area (Å²) >= 11 is 0. The molecule has 0 radical (unpaired) electrons. The molecule has 0 aliphatic carbocycles. The van der Waals surface area contributed by atoms with E-state index in [9.17, 15) is 13.2 Å². The van der Waals surface area contributed by atoms with Gasteiger partial charge in [-0.3, -0.25) is 4.79 Å². The summed E-state index contributed by atoms with van der Waals surface area (Å²) in [5.41, 5.74) is 5.72. The second-order valence-corrected chi connectivity index (χ2v) is 7.74. The van der Waals surface area contributed by atoms with Crippen molar-refractivity contribution in [2.75, 3.05) is 12.0 Å². The van der Waals surface area contributed by atoms with Crippen LogP contribution in [0.2, 0.25) is 0 Å². The molecule has 3 N–H and O–H groups in total. The van der Waals surface area contributed by atoms with Crippen LogP contribution in [0.3, 0.4) is 0 Å². The van der Waals surface area contributed by atoms with Gasteiger partial charge in [0.15, 0.2) is 5.82 Å². The molecule has 2 atom stereocenters. The van der Waals surface area contributed by atoms with Crippen molar-refractivity contribution in [2.24, 2.45) is 5.73 Å². The third-order valence-corrected chi connectivity index (χ3v) is 4.50. The fourth-order valence-corrected chi connectivity index (χ4v) is 3.03. The van der Waals surface area contributed by atoms with Crippen molar-refractivity contribution < 1.29 is 13.2 Å². The summed E-state index contributed by atoms with van der Waals surface area (Å²) in [5.74, 6) is 1.18. The first-order valence-corrected chi connectivity index (χ1v) is 8.99. The van der Waals surface area contributed by atoms with Crippen LogP contribution in [-0.2, 0) is 27.6 Å². The number of nitrogens with zero attached hydrogens (tertiary/aromatic N) is 3. The lowest BCUT2D eigenvalue weighted by Gasteiger charge is -2.17. The molecule has 1 aromatic rings. The van der Waals surface area contributed by atoms with Crippen LogP contribution in [0.25, 0.3) is 0 Å². The smallest absolute Gasteiger partial charge is 0.237 e. The monoisotopic (exact) mass is 315 g/mol. The summed E-state index contributed by atoms with van der Waals surface area (Å²) in [6.45, 7) is 2.68. The number of carbonyl (C=O) groups is 1. The molecule has 0 saturated carbocycles. The highest BCUT2D eigenvalue weighted by Gasteiger charge is 2.24. The molecule has 1 aliphatic heterocycles. The van der Waals surface area contributed by atoms with Crippen LogP contribution in [0.15, 0.2) is 0 Å². The van der Waals surface area contributed by atoms with Crippen LogP contribution >= 0.6 is 0 Å². The van der Waals surface area contributed by atoms with Crippen LogP contribution in [0.4, 0.5) is 0 Å². The highest BCUT2D eigenvalue weighted by molar-refractivity contribution is 7.90. The molecule has 2 rings (SSSR count). The molecule has 0 fully saturated rings. The van der Waals surface area contributed by atoms with Gasteiger partial charge in [0.05, 0.1) is 17.8 Å². The number of rotatable bonds is 6. The molecule has 1 amide bonds. The number of nitrogens with one attached hydrogen (secondary N) is 1. The van der Waals surface area contributed by atoms with Crippen molar-refractivity contribution in [1.29, 1.82) is 0 Å². The zero-order valence-electron chi connectivity index (χ0n) is 12.2. The number of aryl methyl sites for hydroxylation is 1. The van der Waals surface area contributed by atoms with Crippen LogP contribution < -0.4 is 11.1 Å². The Bertz CT molecular complexity index is 625. The third-order valence-electron chi connectivity index (χ3n) is 3.52. The van der Waals surface area contributed by atoms with Crippen LogP contribution in [0, 0.1) is 0 Å². The lowest BCUT2D eigenvalue weighted by atomic mass is 10.2. The van der Waals surface area contributed by atoms with E-state index in [0.717, 1.165) is 31.5 Å². The van der Waals surface area contributed by atoms with E-state index in [-0.39, 0.29) is 24.1 Å². The van der Waals surface area contributed by atoms with Crippen molar-refractivity contribution in [3.05, 3.63) is 11.6 Å². The highest BCUT2D eigenvalue weighted by atomic mass is 32.2. The van der Waals surface area contributed by atoms with Crippen LogP contribution in [-0.4, -0.2) is 47.1 Å². The average Bonchev–Trinajstić information content (AvgIpc) is 2.96. The Kier molecular flexibility index (Phi) is 4.62. The van der Waals surface area contributed by atoms with Crippen molar-refractivity contribution in [3.8, 4) is 0 Å². The minimum atomic E-state index is -3.12. The van der Waals surface area contributed by atoms with E-state index in [0.29, 0.717) is 5.82 Å². The maximum Gasteiger partial charge on any atom is 0.237 e. The SMILES string of the molecule is CC(NC(=O)C(N)CCS(C)(=O)=O)c1nnc2n1CCC2. The number of nitrogens with two attached hydrogens (primary N) is 1. The first kappa shape index (κ1) is 15.9. The van der Waals surface area contributed by atoms with Crippen LogP contribution in [0.1, 0.15) is 37.5 Å². The van der Waals surface area contributed by atoms with Gasteiger partial charge < -0.3 is 15.6 Å². The predicted molar refractivity (Wildman–Crippen MR) is 77.2 cm³/mol. The maximum atomic E-state index is 12.0. The lowest BCUT2D eigenvalue weighted by Crippen LogP contribution is -2.43. The zero-order valence-corrected chi connectivity index (χ0v) is 13.1. The Labute approximate surface area is 124 Å². The maximum absolute atomic E-state index is 12.0. The summed E-state index contributed by atoms with van der Waals surface area (Å²) in [5, 5.41) is 11.0. The van der Waals surface area contributed by atoms with Crippen molar-refractivity contribution in [3.63, 3.8) is 0 Å². The van der Waals surface area contributed by atoms with E-state index < -0.39 is 15.9 Å². The van der Waals surface area contributed by atoms with Gasteiger partial charge in [-0.15, -0.1) is 10.2 Å². The van der Waals surface area contributed by atoms with Crippen molar-refractivity contribution in [1.82, 2.24) is 20.1 Å². The molecule has 21 heavy (non-hydrogen) atoms. The Morgan fingerprint density at radius 3 is 2.86 bits per heavy atom. The topological polar surface area (TPSA) is 120 Å². The molecule has 118 valence electrons. The minimum Gasteiger partial charge on any atom is -0.345 e. The van der Waals surface area contributed by atoms with Gasteiger partial charge in [-0.1, -0.05) is 0 Å². The molecule has 9 heteroatoms. The molecule has 0 aromatic carbocycles. The molecular weight excluding hydrogens is 294 g/mol. The highest BCUT2D eigenvalue weighted by Crippen LogP contribution is 2.18. The molecule has 0 saturated heterocycles. The van der Waals surface area contributed by atoms with Gasteiger partial charge in [-0.05, 0) is 19.8 Å². The minimum absolute atomic E-state index is 0.101. The zero-order chi connectivity index (χ0) is 15.6. The summed E-state index contributed by atoms with van der Waals surface area (Å²) in [6, 6.07) is -1.15. The number of sulfone groups is 1. The van der Waals surface area contributed by atoms with Gasteiger partial charge in [-0.2, -0.15) is 0 Å². The van der Waals surface area contributed by atoms with Gasteiger partial charge >= 0.3 is 0 Å². The molecule has 8 nitrogen and oxygen atoms in total. The number of fused-ring (bicyclic) bond motifs is 1. The van der Waals surface area contributed by atoms with Crippen molar-refractivity contribution >= 4 is 15.7 Å². The number of hydrogen-bond acceptors (Lipinski definition) is 6. The fraction of sp³-hybridized carbons (Fsp3) is 0.750. The van der Waals surface area contributed by atoms with E-state index in [4.69, 9.17) is 5.73 Å². The van der Waals surface area contributed by atoms with Gasteiger partial charge in [0.25, 0.3) is 0 Å². The first-order valence-electron chi connectivity index (χ1n) is 6.93. The van der Waals surface area contributed by atoms with Gasteiger partial charge in [0.1, 0.15) is 15.7 Å². The van der Waals surface area contributed by atoms with Crippen LogP contribution in [0.5, 0.6) is 0 Å². The average molecular weight is 315 g/mol. The number of hydrogen-bond donors (Lipinski definition) is 2. The Morgan fingerprint density at radius 2 is 2.19 bits per heavy atom. The molecule has 0 spiro atoms. The molecule has 1 aliphatic rings. The van der Waals surface area contributed by atoms with E-state index in [1.54, 1.807) is 0 Å². The van der Waals surface area contributed by atoms with Gasteiger partial charge in [0.2, 0.25) is 5.91 Å². The number of amides is 1. The standard InChI is InChI=1S/C12H21N5O3S/c1-8(11-16-15-10-4-3-6-17(10)11)14-12(18)9(13)5-7-21(2,19)20/h8-9H,3-7,13H2,1-2H3,(H,14,18). The summed E-state index contributed by atoms with van der Waals surface area (Å²) in [6.07, 6.45) is 3.17. The Hall–Kier alpha value is -1.48. The second kappa shape index (κ2) is 6.10. The molecular formula is C12H21N5O3S. The second-order valence-electron chi connectivity index (χ2n) is 5.48.